The van der Waals surface area contributed by atoms with Gasteiger partial charge >= 0.3 is 0 Å². The van der Waals surface area contributed by atoms with E-state index in [1.807, 2.05) is 0 Å². The minimum atomic E-state index is -0.184. The highest BCUT2D eigenvalue weighted by molar-refractivity contribution is 5.48. The Balaban J connectivity index is 1.97. The van der Waals surface area contributed by atoms with E-state index < -0.39 is 0 Å². The van der Waals surface area contributed by atoms with Crippen LogP contribution < -0.4 is 10.2 Å². The Kier molecular flexibility index (Phi) is 5.44. The molecule has 0 spiro atoms. The van der Waals surface area contributed by atoms with E-state index in [1.54, 1.807) is 0 Å². The summed E-state index contributed by atoms with van der Waals surface area (Å²) < 4.78 is 0. The summed E-state index contributed by atoms with van der Waals surface area (Å²) in [5.74, 6) is 0. The molecular weight excluding hydrogens is 248 g/mol. The van der Waals surface area contributed by atoms with E-state index in [0.717, 1.165) is 25.8 Å². The number of rotatable bonds is 5. The highest BCUT2D eigenvalue weighted by Gasteiger charge is 2.26. The molecule has 0 heterocycles. The molecule has 1 aliphatic carbocycles. The van der Waals surface area contributed by atoms with Gasteiger partial charge in [-0.1, -0.05) is 38.8 Å². The largest absolute Gasteiger partial charge is 0.391 e. The SMILES string of the molecule is CC(C)NCc1ccc(N(C)C2CCCCC2O)cc1. The van der Waals surface area contributed by atoms with Gasteiger partial charge in [0.1, 0.15) is 0 Å². The van der Waals surface area contributed by atoms with Crippen LogP contribution in [0.15, 0.2) is 24.3 Å². The predicted molar refractivity (Wildman–Crippen MR) is 85.1 cm³/mol. The molecule has 20 heavy (non-hydrogen) atoms. The maximum atomic E-state index is 10.1. The fourth-order valence-corrected chi connectivity index (χ4v) is 2.91. The van der Waals surface area contributed by atoms with Crippen molar-refractivity contribution in [3.05, 3.63) is 29.8 Å². The highest BCUT2D eigenvalue weighted by atomic mass is 16.3. The Bertz CT molecular complexity index is 402. The lowest BCUT2D eigenvalue weighted by atomic mass is 9.91. The molecule has 2 unspecified atom stereocenters. The van der Waals surface area contributed by atoms with Crippen LogP contribution in [-0.2, 0) is 6.54 Å². The van der Waals surface area contributed by atoms with Crippen molar-refractivity contribution in [1.82, 2.24) is 5.32 Å². The van der Waals surface area contributed by atoms with Gasteiger partial charge in [-0.25, -0.2) is 0 Å². The quantitative estimate of drug-likeness (QED) is 0.868. The lowest BCUT2D eigenvalue weighted by Crippen LogP contribution is -2.43. The molecule has 1 fully saturated rings. The number of aliphatic hydroxyl groups excluding tert-OH is 1. The van der Waals surface area contributed by atoms with E-state index in [1.165, 1.54) is 17.7 Å². The minimum Gasteiger partial charge on any atom is -0.391 e. The van der Waals surface area contributed by atoms with Gasteiger partial charge < -0.3 is 15.3 Å². The van der Waals surface area contributed by atoms with Crippen molar-refractivity contribution in [1.29, 1.82) is 0 Å². The highest BCUT2D eigenvalue weighted by Crippen LogP contribution is 2.26. The Morgan fingerprint density at radius 1 is 1.20 bits per heavy atom. The van der Waals surface area contributed by atoms with Gasteiger partial charge in [0.05, 0.1) is 12.1 Å². The van der Waals surface area contributed by atoms with Gasteiger partial charge in [-0.2, -0.15) is 0 Å². The van der Waals surface area contributed by atoms with Crippen molar-refractivity contribution < 1.29 is 5.11 Å². The molecule has 1 aromatic rings. The Morgan fingerprint density at radius 3 is 2.45 bits per heavy atom. The molecule has 0 amide bonds. The van der Waals surface area contributed by atoms with Crippen LogP contribution in [0.2, 0.25) is 0 Å². The first kappa shape index (κ1) is 15.3. The van der Waals surface area contributed by atoms with Crippen molar-refractivity contribution in [2.75, 3.05) is 11.9 Å². The van der Waals surface area contributed by atoms with Crippen LogP contribution in [-0.4, -0.2) is 30.3 Å². The molecule has 0 aromatic heterocycles. The van der Waals surface area contributed by atoms with E-state index >= 15 is 0 Å². The summed E-state index contributed by atoms with van der Waals surface area (Å²) in [7, 11) is 2.10. The number of likely N-dealkylation sites (N-methyl/N-ethyl adjacent to an activating group) is 1. The summed E-state index contributed by atoms with van der Waals surface area (Å²) in [6.07, 6.45) is 4.23. The number of benzene rings is 1. The van der Waals surface area contributed by atoms with Gasteiger partial charge in [0.15, 0.2) is 0 Å². The zero-order chi connectivity index (χ0) is 14.5. The first-order chi connectivity index (χ1) is 9.58. The number of hydrogen-bond donors (Lipinski definition) is 2. The summed E-state index contributed by atoms with van der Waals surface area (Å²) in [6.45, 7) is 5.23. The third-order valence-electron chi connectivity index (χ3n) is 4.25. The number of aliphatic hydroxyl groups is 1. The standard InChI is InChI=1S/C17H28N2O/c1-13(2)18-12-14-8-10-15(11-9-14)19(3)16-6-4-5-7-17(16)20/h8-11,13,16-18,20H,4-7,12H2,1-3H3. The molecule has 2 N–H and O–H groups in total. The van der Waals surface area contributed by atoms with Crippen molar-refractivity contribution in [3.63, 3.8) is 0 Å². The third-order valence-corrected chi connectivity index (χ3v) is 4.25. The molecule has 0 aliphatic heterocycles. The van der Waals surface area contributed by atoms with Crippen LogP contribution in [0.3, 0.4) is 0 Å². The molecule has 0 radical (unpaired) electrons. The van der Waals surface area contributed by atoms with Crippen molar-refractivity contribution in [3.8, 4) is 0 Å². The summed E-state index contributed by atoms with van der Waals surface area (Å²) >= 11 is 0. The number of anilines is 1. The smallest absolute Gasteiger partial charge is 0.0743 e. The van der Waals surface area contributed by atoms with Gasteiger partial charge in [-0.15, -0.1) is 0 Å². The average Bonchev–Trinajstić information content (AvgIpc) is 2.45. The lowest BCUT2D eigenvalue weighted by Gasteiger charge is -2.36. The molecule has 1 aromatic carbocycles. The van der Waals surface area contributed by atoms with Gasteiger partial charge in [0.2, 0.25) is 0 Å². The second-order valence-corrected chi connectivity index (χ2v) is 6.23. The predicted octanol–water partition coefficient (Wildman–Crippen LogP) is 2.92. The Morgan fingerprint density at radius 2 is 1.85 bits per heavy atom. The summed E-state index contributed by atoms with van der Waals surface area (Å²) in [5.41, 5.74) is 2.50. The number of hydrogen-bond acceptors (Lipinski definition) is 3. The molecule has 2 rings (SSSR count). The van der Waals surface area contributed by atoms with Crippen molar-refractivity contribution in [2.45, 2.75) is 64.3 Å². The number of nitrogens with one attached hydrogen (secondary N) is 1. The maximum Gasteiger partial charge on any atom is 0.0743 e. The van der Waals surface area contributed by atoms with Crippen LogP contribution in [0.4, 0.5) is 5.69 Å². The lowest BCUT2D eigenvalue weighted by molar-refractivity contribution is 0.106. The monoisotopic (exact) mass is 276 g/mol. The van der Waals surface area contributed by atoms with E-state index in [2.05, 4.69) is 55.4 Å². The molecule has 0 saturated heterocycles. The van der Waals surface area contributed by atoms with Gasteiger partial charge in [0, 0.05) is 25.3 Å². The third kappa shape index (κ3) is 3.97. The Labute approximate surface area is 123 Å². The average molecular weight is 276 g/mol. The second kappa shape index (κ2) is 7.09. The minimum absolute atomic E-state index is 0.184. The van der Waals surface area contributed by atoms with E-state index in [-0.39, 0.29) is 12.1 Å². The molecule has 2 atom stereocenters. The molecular formula is C17H28N2O. The van der Waals surface area contributed by atoms with Crippen molar-refractivity contribution in [2.24, 2.45) is 0 Å². The fraction of sp³-hybridized carbons (Fsp3) is 0.647. The normalized spacial score (nSPS) is 23.1. The first-order valence-electron chi connectivity index (χ1n) is 7.81. The van der Waals surface area contributed by atoms with Crippen LogP contribution in [0.25, 0.3) is 0 Å². The van der Waals surface area contributed by atoms with E-state index in [0.29, 0.717) is 6.04 Å². The zero-order valence-corrected chi connectivity index (χ0v) is 13.0. The molecule has 1 saturated carbocycles. The van der Waals surface area contributed by atoms with Gasteiger partial charge in [-0.05, 0) is 30.5 Å². The second-order valence-electron chi connectivity index (χ2n) is 6.23. The fourth-order valence-electron chi connectivity index (χ4n) is 2.91. The molecule has 1 aliphatic rings. The van der Waals surface area contributed by atoms with Crippen LogP contribution in [0.1, 0.15) is 45.1 Å². The molecule has 0 bridgehead atoms. The summed E-state index contributed by atoms with van der Waals surface area (Å²) in [6, 6.07) is 9.46. The maximum absolute atomic E-state index is 10.1. The molecule has 112 valence electrons. The van der Waals surface area contributed by atoms with Gasteiger partial charge in [-0.3, -0.25) is 0 Å². The van der Waals surface area contributed by atoms with Crippen LogP contribution in [0, 0.1) is 0 Å². The van der Waals surface area contributed by atoms with E-state index in [9.17, 15) is 5.11 Å². The van der Waals surface area contributed by atoms with Crippen LogP contribution in [0.5, 0.6) is 0 Å². The Hall–Kier alpha value is -1.06. The molecule has 3 nitrogen and oxygen atoms in total. The van der Waals surface area contributed by atoms with E-state index in [4.69, 9.17) is 0 Å². The zero-order valence-electron chi connectivity index (χ0n) is 13.0. The van der Waals surface area contributed by atoms with Crippen LogP contribution >= 0.6 is 0 Å². The molecule has 3 heteroatoms. The topological polar surface area (TPSA) is 35.5 Å². The summed E-state index contributed by atoms with van der Waals surface area (Å²) in [5, 5.41) is 13.6. The van der Waals surface area contributed by atoms with Gasteiger partial charge in [0.25, 0.3) is 0 Å². The first-order valence-corrected chi connectivity index (χ1v) is 7.81. The van der Waals surface area contributed by atoms with Crippen molar-refractivity contribution >= 4 is 5.69 Å². The number of nitrogens with zero attached hydrogens (tertiary/aromatic N) is 1. The summed E-state index contributed by atoms with van der Waals surface area (Å²) in [4.78, 5) is 2.24.